The van der Waals surface area contributed by atoms with Crippen LogP contribution in [0.25, 0.3) is 0 Å². The van der Waals surface area contributed by atoms with Crippen molar-refractivity contribution in [2.45, 2.75) is 47.5 Å². The number of anilines is 1. The maximum atomic E-state index is 2.28. The summed E-state index contributed by atoms with van der Waals surface area (Å²) in [5, 5.41) is 0. The fourth-order valence-electron chi connectivity index (χ4n) is 2.09. The highest BCUT2D eigenvalue weighted by Gasteiger charge is 2.11. The second-order valence-corrected chi connectivity index (χ2v) is 6.22. The average molecular weight is 245 g/mol. The third kappa shape index (κ3) is 4.56. The molecular formula is C17H27N. The van der Waals surface area contributed by atoms with Gasteiger partial charge >= 0.3 is 0 Å². The first-order chi connectivity index (χ1) is 8.33. The Bertz CT molecular complexity index is 393. The van der Waals surface area contributed by atoms with E-state index in [1.54, 1.807) is 0 Å². The van der Waals surface area contributed by atoms with E-state index in [0.717, 1.165) is 12.8 Å². The van der Waals surface area contributed by atoms with E-state index in [-0.39, 0.29) is 0 Å². The second-order valence-electron chi connectivity index (χ2n) is 6.22. The molecule has 0 saturated carbocycles. The van der Waals surface area contributed by atoms with E-state index in [0.29, 0.717) is 5.41 Å². The van der Waals surface area contributed by atoms with Crippen molar-refractivity contribution < 1.29 is 0 Å². The lowest BCUT2D eigenvalue weighted by Gasteiger charge is -2.22. The van der Waals surface area contributed by atoms with Crippen LogP contribution in [0.5, 0.6) is 0 Å². The SMILES string of the molecule is CC/C=C(\C)N(C)c1ccc(CC(C)(C)C)cc1. The van der Waals surface area contributed by atoms with Crippen LogP contribution in [-0.2, 0) is 6.42 Å². The van der Waals surface area contributed by atoms with Crippen molar-refractivity contribution in [3.63, 3.8) is 0 Å². The first-order valence-corrected chi connectivity index (χ1v) is 6.83. The summed E-state index contributed by atoms with van der Waals surface area (Å²) < 4.78 is 0. The maximum absolute atomic E-state index is 2.28. The first kappa shape index (κ1) is 14.8. The van der Waals surface area contributed by atoms with Crippen molar-refractivity contribution in [3.05, 3.63) is 41.6 Å². The van der Waals surface area contributed by atoms with Crippen molar-refractivity contribution in [1.29, 1.82) is 0 Å². The summed E-state index contributed by atoms with van der Waals surface area (Å²) in [7, 11) is 2.13. The van der Waals surface area contributed by atoms with Gasteiger partial charge in [-0.05, 0) is 42.9 Å². The Morgan fingerprint density at radius 1 is 1.17 bits per heavy atom. The zero-order valence-electron chi connectivity index (χ0n) is 12.7. The fourth-order valence-corrected chi connectivity index (χ4v) is 2.09. The Morgan fingerprint density at radius 3 is 2.17 bits per heavy atom. The normalized spacial score (nSPS) is 12.7. The van der Waals surface area contributed by atoms with Crippen molar-refractivity contribution in [2.75, 3.05) is 11.9 Å². The summed E-state index contributed by atoms with van der Waals surface area (Å²) in [5.74, 6) is 0. The van der Waals surface area contributed by atoms with E-state index >= 15 is 0 Å². The number of benzene rings is 1. The van der Waals surface area contributed by atoms with Crippen LogP contribution in [-0.4, -0.2) is 7.05 Å². The molecule has 0 bridgehead atoms. The quantitative estimate of drug-likeness (QED) is 0.719. The van der Waals surface area contributed by atoms with Crippen LogP contribution < -0.4 is 4.90 Å². The number of allylic oxidation sites excluding steroid dienone is 2. The van der Waals surface area contributed by atoms with Crippen LogP contribution >= 0.6 is 0 Å². The van der Waals surface area contributed by atoms with Gasteiger partial charge in [0, 0.05) is 18.4 Å². The van der Waals surface area contributed by atoms with Crippen molar-refractivity contribution in [3.8, 4) is 0 Å². The van der Waals surface area contributed by atoms with Gasteiger partial charge < -0.3 is 4.90 Å². The van der Waals surface area contributed by atoms with Crippen LogP contribution in [0.4, 0.5) is 5.69 Å². The molecule has 1 rings (SSSR count). The first-order valence-electron chi connectivity index (χ1n) is 6.83. The van der Waals surface area contributed by atoms with Gasteiger partial charge in [0.25, 0.3) is 0 Å². The third-order valence-corrected chi connectivity index (χ3v) is 3.09. The maximum Gasteiger partial charge on any atom is 0.0405 e. The molecule has 1 heteroatoms. The Balaban J connectivity index is 2.80. The summed E-state index contributed by atoms with van der Waals surface area (Å²) in [6.45, 7) is 11.2. The van der Waals surface area contributed by atoms with Gasteiger partial charge in [-0.25, -0.2) is 0 Å². The molecule has 100 valence electrons. The molecule has 1 aromatic rings. The molecule has 0 fully saturated rings. The van der Waals surface area contributed by atoms with Crippen molar-refractivity contribution >= 4 is 5.69 Å². The molecule has 1 nitrogen and oxygen atoms in total. The van der Waals surface area contributed by atoms with Crippen LogP contribution in [0, 0.1) is 5.41 Å². The standard InChI is InChI=1S/C17H27N/c1-7-8-14(2)18(6)16-11-9-15(10-12-16)13-17(3,4)5/h8-12H,7,13H2,1-6H3/b14-8+. The molecule has 0 atom stereocenters. The summed E-state index contributed by atoms with van der Waals surface area (Å²) in [5.41, 5.74) is 4.33. The molecule has 0 aliphatic rings. The minimum atomic E-state index is 0.353. The van der Waals surface area contributed by atoms with E-state index in [1.165, 1.54) is 16.9 Å². The van der Waals surface area contributed by atoms with Crippen molar-refractivity contribution in [1.82, 2.24) is 0 Å². The molecule has 1 aromatic carbocycles. The van der Waals surface area contributed by atoms with Gasteiger partial charge in [0.05, 0.1) is 0 Å². The Kier molecular flexibility index (Phi) is 5.01. The smallest absolute Gasteiger partial charge is 0.0405 e. The number of nitrogens with zero attached hydrogens (tertiary/aromatic N) is 1. The average Bonchev–Trinajstić information content (AvgIpc) is 2.27. The van der Waals surface area contributed by atoms with Crippen molar-refractivity contribution in [2.24, 2.45) is 5.41 Å². The van der Waals surface area contributed by atoms with E-state index in [2.05, 4.69) is 76.9 Å². The van der Waals surface area contributed by atoms with E-state index in [4.69, 9.17) is 0 Å². The van der Waals surface area contributed by atoms with Gasteiger partial charge in [-0.3, -0.25) is 0 Å². The molecule has 0 N–H and O–H groups in total. The number of hydrogen-bond acceptors (Lipinski definition) is 1. The van der Waals surface area contributed by atoms with Gasteiger partial charge in [0.1, 0.15) is 0 Å². The number of rotatable bonds is 4. The lowest BCUT2D eigenvalue weighted by atomic mass is 9.88. The molecule has 18 heavy (non-hydrogen) atoms. The zero-order valence-corrected chi connectivity index (χ0v) is 12.7. The third-order valence-electron chi connectivity index (χ3n) is 3.09. The molecule has 0 amide bonds. The molecular weight excluding hydrogens is 218 g/mol. The summed E-state index contributed by atoms with van der Waals surface area (Å²) >= 11 is 0. The summed E-state index contributed by atoms with van der Waals surface area (Å²) in [4.78, 5) is 2.24. The topological polar surface area (TPSA) is 3.24 Å². The molecule has 0 aliphatic carbocycles. The Morgan fingerprint density at radius 2 is 1.72 bits per heavy atom. The van der Waals surface area contributed by atoms with Gasteiger partial charge in [-0.1, -0.05) is 45.9 Å². The molecule has 0 radical (unpaired) electrons. The van der Waals surface area contributed by atoms with Crippen LogP contribution in [0.15, 0.2) is 36.0 Å². The predicted molar refractivity (Wildman–Crippen MR) is 82.1 cm³/mol. The van der Waals surface area contributed by atoms with E-state index in [9.17, 15) is 0 Å². The Labute approximate surface area is 113 Å². The molecule has 0 unspecified atom stereocenters. The van der Waals surface area contributed by atoms with Gasteiger partial charge in [-0.15, -0.1) is 0 Å². The molecule has 0 saturated heterocycles. The molecule has 0 spiro atoms. The summed E-state index contributed by atoms with van der Waals surface area (Å²) in [6.07, 6.45) is 4.46. The van der Waals surface area contributed by atoms with Crippen LogP contribution in [0.2, 0.25) is 0 Å². The Hall–Kier alpha value is -1.24. The largest absolute Gasteiger partial charge is 0.349 e. The lowest BCUT2D eigenvalue weighted by molar-refractivity contribution is 0.411. The minimum absolute atomic E-state index is 0.353. The van der Waals surface area contributed by atoms with Gasteiger partial charge in [-0.2, -0.15) is 0 Å². The highest BCUT2D eigenvalue weighted by atomic mass is 15.1. The van der Waals surface area contributed by atoms with E-state index < -0.39 is 0 Å². The minimum Gasteiger partial charge on any atom is -0.349 e. The molecule has 0 aromatic heterocycles. The fraction of sp³-hybridized carbons (Fsp3) is 0.529. The molecule has 0 heterocycles. The predicted octanol–water partition coefficient (Wildman–Crippen LogP) is 5.03. The number of hydrogen-bond donors (Lipinski definition) is 0. The second kappa shape index (κ2) is 6.08. The van der Waals surface area contributed by atoms with E-state index in [1.807, 2.05) is 0 Å². The monoisotopic (exact) mass is 245 g/mol. The summed E-state index contributed by atoms with van der Waals surface area (Å²) in [6, 6.07) is 8.93. The molecule has 0 aliphatic heterocycles. The lowest BCUT2D eigenvalue weighted by Crippen LogP contribution is -2.14. The van der Waals surface area contributed by atoms with Crippen LogP contribution in [0.3, 0.4) is 0 Å². The highest BCUT2D eigenvalue weighted by molar-refractivity contribution is 5.51. The van der Waals surface area contributed by atoms with Crippen LogP contribution in [0.1, 0.15) is 46.6 Å². The van der Waals surface area contributed by atoms with Gasteiger partial charge in [0.2, 0.25) is 0 Å². The zero-order chi connectivity index (χ0) is 13.8. The van der Waals surface area contributed by atoms with Gasteiger partial charge in [0.15, 0.2) is 0 Å². The highest BCUT2D eigenvalue weighted by Crippen LogP contribution is 2.23.